The van der Waals surface area contributed by atoms with Crippen LogP contribution in [0.25, 0.3) is 80.6 Å². The van der Waals surface area contributed by atoms with Gasteiger partial charge in [0.2, 0.25) is 0 Å². The lowest BCUT2D eigenvalue weighted by Crippen LogP contribution is -2.28. The van der Waals surface area contributed by atoms with E-state index in [0.29, 0.717) is 0 Å². The summed E-state index contributed by atoms with van der Waals surface area (Å²) >= 11 is 1.89. The van der Waals surface area contributed by atoms with E-state index in [1.807, 2.05) is 11.3 Å². The highest BCUT2D eigenvalue weighted by Crippen LogP contribution is 2.44. The third-order valence-corrected chi connectivity index (χ3v) is 11.9. The SMILES string of the molecule is CC1=C(c2ccc(-c3cccc4c3sc3ccccc34)cc2)C=CN(C)C1n1c2cc(-c3ccccc3)ccc2c2c3ccccc3ccc21. The van der Waals surface area contributed by atoms with Crippen LogP contribution in [0.5, 0.6) is 0 Å². The minimum Gasteiger partial charge on any atom is -0.357 e. The highest BCUT2D eigenvalue weighted by atomic mass is 32.1. The molecule has 0 amide bonds. The van der Waals surface area contributed by atoms with E-state index in [9.17, 15) is 0 Å². The van der Waals surface area contributed by atoms with Gasteiger partial charge in [-0.3, -0.25) is 0 Å². The van der Waals surface area contributed by atoms with Gasteiger partial charge in [0.15, 0.2) is 0 Å². The summed E-state index contributed by atoms with van der Waals surface area (Å²) in [6.45, 7) is 2.31. The van der Waals surface area contributed by atoms with Crippen molar-refractivity contribution in [2.24, 2.45) is 0 Å². The zero-order valence-electron chi connectivity index (χ0n) is 28.0. The fraction of sp³-hybridized carbons (Fsp3) is 0.0638. The number of aromatic nitrogens is 1. The van der Waals surface area contributed by atoms with Crippen LogP contribution >= 0.6 is 11.3 Å². The predicted octanol–water partition coefficient (Wildman–Crippen LogP) is 13.1. The first-order valence-corrected chi connectivity index (χ1v) is 18.1. The standard InChI is InChI=1S/C47H34N2S/c1-30-36(33-19-21-34(22-20-33)38-16-10-17-40-39-15-8-9-18-44(39)50-46(38)40)27-28-48(2)47(30)49-42-26-24-32-13-6-7-14-37(32)45(42)41-25-23-35(29-43(41)49)31-11-4-3-5-12-31/h3-29,47H,1-2H3. The minimum absolute atomic E-state index is 0.00848. The molecule has 2 nitrogen and oxygen atoms in total. The third kappa shape index (κ3) is 4.40. The van der Waals surface area contributed by atoms with Crippen molar-refractivity contribution in [1.29, 1.82) is 0 Å². The average molecular weight is 659 g/mol. The van der Waals surface area contributed by atoms with Crippen LogP contribution in [0.1, 0.15) is 18.7 Å². The van der Waals surface area contributed by atoms with Crippen molar-refractivity contribution in [2.45, 2.75) is 13.1 Å². The molecule has 50 heavy (non-hydrogen) atoms. The predicted molar refractivity (Wildman–Crippen MR) is 216 cm³/mol. The summed E-state index contributed by atoms with van der Waals surface area (Å²) in [5.41, 5.74) is 11.3. The molecule has 3 heterocycles. The quantitative estimate of drug-likeness (QED) is 0.183. The van der Waals surface area contributed by atoms with E-state index in [4.69, 9.17) is 0 Å². The number of hydrogen-bond acceptors (Lipinski definition) is 2. The Morgan fingerprint density at radius 1 is 0.540 bits per heavy atom. The Morgan fingerprint density at radius 2 is 1.26 bits per heavy atom. The van der Waals surface area contributed by atoms with E-state index >= 15 is 0 Å². The second kappa shape index (κ2) is 11.3. The molecule has 9 aromatic rings. The summed E-state index contributed by atoms with van der Waals surface area (Å²) in [4.78, 5) is 2.36. The van der Waals surface area contributed by atoms with Crippen LogP contribution in [0, 0.1) is 0 Å². The van der Waals surface area contributed by atoms with Crippen LogP contribution in [-0.4, -0.2) is 16.5 Å². The van der Waals surface area contributed by atoms with Crippen LogP contribution in [0.2, 0.25) is 0 Å². The molecular weight excluding hydrogens is 625 g/mol. The smallest absolute Gasteiger partial charge is 0.128 e. The zero-order chi connectivity index (χ0) is 33.3. The van der Waals surface area contributed by atoms with Crippen molar-refractivity contribution in [3.05, 3.63) is 175 Å². The van der Waals surface area contributed by atoms with Gasteiger partial charge in [0, 0.05) is 44.2 Å². The molecule has 0 saturated carbocycles. The Labute approximate surface area is 295 Å². The van der Waals surface area contributed by atoms with Gasteiger partial charge >= 0.3 is 0 Å². The number of nitrogens with zero attached hydrogens (tertiary/aromatic N) is 2. The van der Waals surface area contributed by atoms with Gasteiger partial charge in [-0.25, -0.2) is 0 Å². The topological polar surface area (TPSA) is 8.17 Å². The monoisotopic (exact) mass is 658 g/mol. The van der Waals surface area contributed by atoms with Crippen LogP contribution in [0.3, 0.4) is 0 Å². The lowest BCUT2D eigenvalue weighted by molar-refractivity contribution is 0.298. The molecule has 0 bridgehead atoms. The molecule has 0 radical (unpaired) electrons. The maximum absolute atomic E-state index is 2.57. The van der Waals surface area contributed by atoms with E-state index in [1.54, 1.807) is 0 Å². The Morgan fingerprint density at radius 3 is 2.12 bits per heavy atom. The molecule has 3 heteroatoms. The fourth-order valence-corrected chi connectivity index (χ4v) is 9.48. The van der Waals surface area contributed by atoms with Crippen LogP contribution in [0.4, 0.5) is 0 Å². The van der Waals surface area contributed by atoms with E-state index in [0.717, 1.165) is 0 Å². The number of thiophene rings is 1. The minimum atomic E-state index is 0.00848. The number of rotatable bonds is 4. The number of benzene rings is 7. The van der Waals surface area contributed by atoms with Gasteiger partial charge in [-0.2, -0.15) is 0 Å². The Kier molecular flexibility index (Phi) is 6.59. The van der Waals surface area contributed by atoms with Crippen molar-refractivity contribution >= 4 is 69.7 Å². The molecule has 10 rings (SSSR count). The summed E-state index contributed by atoms with van der Waals surface area (Å²) in [7, 11) is 2.20. The summed E-state index contributed by atoms with van der Waals surface area (Å²) in [5, 5.41) is 7.83. The van der Waals surface area contributed by atoms with Gasteiger partial charge in [-0.15, -0.1) is 11.3 Å². The van der Waals surface area contributed by atoms with Crippen molar-refractivity contribution in [3.8, 4) is 22.3 Å². The molecule has 0 spiro atoms. The zero-order valence-corrected chi connectivity index (χ0v) is 28.8. The average Bonchev–Trinajstić information content (AvgIpc) is 3.71. The largest absolute Gasteiger partial charge is 0.357 e. The maximum Gasteiger partial charge on any atom is 0.128 e. The maximum atomic E-state index is 2.57. The van der Waals surface area contributed by atoms with Crippen LogP contribution < -0.4 is 0 Å². The molecule has 0 aliphatic carbocycles. The van der Waals surface area contributed by atoms with E-state index < -0.39 is 0 Å². The molecule has 0 saturated heterocycles. The summed E-state index contributed by atoms with van der Waals surface area (Å²) in [6, 6.07) is 55.8. The van der Waals surface area contributed by atoms with Gasteiger partial charge in [-0.05, 0) is 80.9 Å². The Balaban J connectivity index is 1.13. The molecule has 2 aromatic heterocycles. The highest BCUT2D eigenvalue weighted by molar-refractivity contribution is 7.26. The fourth-order valence-electron chi connectivity index (χ4n) is 8.24. The van der Waals surface area contributed by atoms with Crippen molar-refractivity contribution in [1.82, 2.24) is 9.47 Å². The second-order valence-electron chi connectivity index (χ2n) is 13.5. The first-order valence-electron chi connectivity index (χ1n) is 17.3. The molecule has 1 aliphatic rings. The molecule has 0 N–H and O–H groups in total. The number of fused-ring (bicyclic) bond motifs is 8. The molecule has 238 valence electrons. The molecule has 1 aliphatic heterocycles. The Bertz CT molecular complexity index is 2830. The second-order valence-corrected chi connectivity index (χ2v) is 14.5. The highest BCUT2D eigenvalue weighted by Gasteiger charge is 2.27. The van der Waals surface area contributed by atoms with Crippen LogP contribution in [-0.2, 0) is 0 Å². The number of hydrogen-bond donors (Lipinski definition) is 0. The lowest BCUT2D eigenvalue weighted by Gasteiger charge is -2.35. The molecule has 1 unspecified atom stereocenters. The normalized spacial score (nSPS) is 15.0. The first-order chi connectivity index (χ1) is 24.6. The molecule has 1 atom stereocenters. The Hall–Kier alpha value is -5.90. The summed E-state index contributed by atoms with van der Waals surface area (Å²) < 4.78 is 5.26. The number of allylic oxidation sites excluding steroid dienone is 2. The van der Waals surface area contributed by atoms with Gasteiger partial charge in [0.1, 0.15) is 6.17 Å². The van der Waals surface area contributed by atoms with E-state index in [1.165, 1.54) is 91.7 Å². The van der Waals surface area contributed by atoms with Crippen molar-refractivity contribution in [2.75, 3.05) is 7.05 Å². The van der Waals surface area contributed by atoms with Crippen LogP contribution in [0.15, 0.2) is 170 Å². The molecule has 0 fully saturated rings. The number of likely N-dealkylation sites (N-methyl/N-ethyl adjacent to an activating group) is 1. The lowest BCUT2D eigenvalue weighted by atomic mass is 9.94. The summed E-state index contributed by atoms with van der Waals surface area (Å²) in [5.74, 6) is 0. The first kappa shape index (κ1) is 29.1. The molecule has 7 aromatic carbocycles. The van der Waals surface area contributed by atoms with Gasteiger partial charge in [-0.1, -0.05) is 133 Å². The third-order valence-electron chi connectivity index (χ3n) is 10.6. The summed E-state index contributed by atoms with van der Waals surface area (Å²) in [6.07, 6.45) is 4.54. The molecular formula is C47H34N2S. The van der Waals surface area contributed by atoms with Crippen molar-refractivity contribution in [3.63, 3.8) is 0 Å². The van der Waals surface area contributed by atoms with Crippen molar-refractivity contribution < 1.29 is 0 Å². The van der Waals surface area contributed by atoms with E-state index in [2.05, 4.69) is 187 Å². The van der Waals surface area contributed by atoms with Gasteiger partial charge in [0.25, 0.3) is 0 Å². The van der Waals surface area contributed by atoms with Gasteiger partial charge in [0.05, 0.1) is 11.0 Å². The van der Waals surface area contributed by atoms with E-state index in [-0.39, 0.29) is 6.17 Å². The van der Waals surface area contributed by atoms with Gasteiger partial charge < -0.3 is 9.47 Å².